The molecule has 0 aliphatic carbocycles. The molecular weight excluding hydrogens is 431 g/mol. The van der Waals surface area contributed by atoms with Crippen LogP contribution >= 0.6 is 0 Å². The number of benzene rings is 3. The summed E-state index contributed by atoms with van der Waals surface area (Å²) >= 11 is 0. The summed E-state index contributed by atoms with van der Waals surface area (Å²) < 4.78 is 15.4. The number of para-hydroxylation sites is 1. The number of hydrogen-bond acceptors (Lipinski definition) is 2. The Morgan fingerprint density at radius 2 is 1.47 bits per heavy atom. The third kappa shape index (κ3) is 4.62. The van der Waals surface area contributed by atoms with E-state index in [0.29, 0.717) is 33.8 Å². The van der Waals surface area contributed by atoms with Gasteiger partial charge in [0.1, 0.15) is 12.4 Å². The maximum absolute atomic E-state index is 13.8. The number of anilines is 1. The molecule has 172 valence electrons. The van der Waals surface area contributed by atoms with Gasteiger partial charge in [-0.1, -0.05) is 62.4 Å². The predicted molar refractivity (Wildman–Crippen MR) is 131 cm³/mol. The van der Waals surface area contributed by atoms with Crippen molar-refractivity contribution in [2.45, 2.75) is 26.3 Å². The Morgan fingerprint density at radius 1 is 0.882 bits per heavy atom. The lowest BCUT2D eigenvalue weighted by Gasteiger charge is -2.15. The summed E-state index contributed by atoms with van der Waals surface area (Å²) in [6, 6.07) is 24.4. The van der Waals surface area contributed by atoms with Gasteiger partial charge < -0.3 is 15.0 Å². The Bertz CT molecular complexity index is 1310. The van der Waals surface area contributed by atoms with Crippen LogP contribution in [-0.4, -0.2) is 21.6 Å². The summed E-state index contributed by atoms with van der Waals surface area (Å²) in [6.45, 7) is 3.52. The van der Waals surface area contributed by atoms with Crippen molar-refractivity contribution in [2.24, 2.45) is 0 Å². The van der Waals surface area contributed by atoms with E-state index in [4.69, 9.17) is 0 Å². The maximum Gasteiger partial charge on any atom is 0.323 e. The van der Waals surface area contributed by atoms with Crippen molar-refractivity contribution >= 4 is 17.6 Å². The first-order valence-corrected chi connectivity index (χ1v) is 11.0. The van der Waals surface area contributed by atoms with Gasteiger partial charge >= 0.3 is 5.97 Å². The number of carboxylic acids is 1. The van der Waals surface area contributed by atoms with Crippen LogP contribution in [0.4, 0.5) is 10.1 Å². The second kappa shape index (κ2) is 9.75. The van der Waals surface area contributed by atoms with Gasteiger partial charge in [0.15, 0.2) is 0 Å². The van der Waals surface area contributed by atoms with Crippen molar-refractivity contribution in [3.05, 3.63) is 102 Å². The molecule has 0 radical (unpaired) electrons. The fourth-order valence-corrected chi connectivity index (χ4v) is 4.28. The smallest absolute Gasteiger partial charge is 0.323 e. The molecule has 0 saturated carbocycles. The van der Waals surface area contributed by atoms with Crippen LogP contribution in [0.15, 0.2) is 84.9 Å². The van der Waals surface area contributed by atoms with Crippen molar-refractivity contribution < 1.29 is 19.1 Å². The normalized spacial score (nSPS) is 10.9. The van der Waals surface area contributed by atoms with E-state index >= 15 is 0 Å². The molecule has 0 bridgehead atoms. The van der Waals surface area contributed by atoms with Gasteiger partial charge in [-0.3, -0.25) is 9.59 Å². The molecule has 2 N–H and O–H groups in total. The molecule has 4 rings (SSSR count). The standard InChI is InChI=1S/C28H25FN2O3/c1-18(2)26-25(28(34)30-22-11-7-4-8-12-22)24(19-9-5-3-6-10-19)27(31(26)17-23(32)33)20-13-15-21(29)16-14-20/h3-16,18H,17H2,1-2H3,(H,30,34)(H,32,33). The molecule has 1 aromatic heterocycles. The molecule has 0 fully saturated rings. The highest BCUT2D eigenvalue weighted by Gasteiger charge is 2.31. The van der Waals surface area contributed by atoms with Crippen LogP contribution in [0.2, 0.25) is 0 Å². The lowest BCUT2D eigenvalue weighted by Crippen LogP contribution is -2.18. The van der Waals surface area contributed by atoms with Gasteiger partial charge in [0.2, 0.25) is 0 Å². The zero-order valence-corrected chi connectivity index (χ0v) is 19.0. The van der Waals surface area contributed by atoms with E-state index < -0.39 is 11.8 Å². The highest BCUT2D eigenvalue weighted by atomic mass is 19.1. The van der Waals surface area contributed by atoms with Gasteiger partial charge in [-0.25, -0.2) is 4.39 Å². The minimum absolute atomic E-state index is 0.160. The Hall–Kier alpha value is -4.19. The topological polar surface area (TPSA) is 71.3 Å². The number of amides is 1. The van der Waals surface area contributed by atoms with Crippen LogP contribution in [-0.2, 0) is 11.3 Å². The Kier molecular flexibility index (Phi) is 6.59. The number of carboxylic acid groups (broad SMARTS) is 1. The third-order valence-electron chi connectivity index (χ3n) is 5.58. The number of rotatable bonds is 7. The zero-order valence-electron chi connectivity index (χ0n) is 19.0. The monoisotopic (exact) mass is 456 g/mol. The quantitative estimate of drug-likeness (QED) is 0.337. The summed E-state index contributed by atoms with van der Waals surface area (Å²) in [4.78, 5) is 25.7. The molecule has 0 aliphatic rings. The average Bonchev–Trinajstić information content (AvgIpc) is 3.15. The SMILES string of the molecule is CC(C)c1c(C(=O)Nc2ccccc2)c(-c2ccccc2)c(-c2ccc(F)cc2)n1CC(=O)O. The highest BCUT2D eigenvalue weighted by molar-refractivity contribution is 6.12. The first-order chi connectivity index (χ1) is 16.4. The second-order valence-electron chi connectivity index (χ2n) is 8.31. The van der Waals surface area contributed by atoms with Crippen molar-refractivity contribution in [3.8, 4) is 22.4 Å². The summed E-state index contributed by atoms with van der Waals surface area (Å²) in [7, 11) is 0. The van der Waals surface area contributed by atoms with E-state index in [-0.39, 0.29) is 18.4 Å². The molecule has 0 atom stereocenters. The fourth-order valence-electron chi connectivity index (χ4n) is 4.28. The number of carbonyl (C=O) groups excluding carboxylic acids is 1. The van der Waals surface area contributed by atoms with E-state index in [9.17, 15) is 19.1 Å². The number of aromatic nitrogens is 1. The van der Waals surface area contributed by atoms with Crippen molar-refractivity contribution in [3.63, 3.8) is 0 Å². The van der Waals surface area contributed by atoms with E-state index in [0.717, 1.165) is 5.56 Å². The molecular formula is C28H25FN2O3. The molecule has 0 unspecified atom stereocenters. The lowest BCUT2D eigenvalue weighted by atomic mass is 9.94. The summed E-state index contributed by atoms with van der Waals surface area (Å²) in [5.41, 5.74) is 4.23. The van der Waals surface area contributed by atoms with Crippen LogP contribution in [0.25, 0.3) is 22.4 Å². The Labute approximate surface area is 197 Å². The average molecular weight is 457 g/mol. The minimum Gasteiger partial charge on any atom is -0.480 e. The fraction of sp³-hybridized carbons (Fsp3) is 0.143. The summed E-state index contributed by atoms with van der Waals surface area (Å²) in [5, 5.41) is 12.7. The van der Waals surface area contributed by atoms with E-state index in [2.05, 4.69) is 5.32 Å². The molecule has 3 aromatic carbocycles. The van der Waals surface area contributed by atoms with E-state index in [1.165, 1.54) is 12.1 Å². The molecule has 34 heavy (non-hydrogen) atoms. The number of nitrogens with zero attached hydrogens (tertiary/aromatic N) is 1. The Balaban J connectivity index is 2.06. The number of halogens is 1. The molecule has 5 nitrogen and oxygen atoms in total. The lowest BCUT2D eigenvalue weighted by molar-refractivity contribution is -0.137. The minimum atomic E-state index is -1.03. The molecule has 6 heteroatoms. The largest absolute Gasteiger partial charge is 0.480 e. The second-order valence-corrected chi connectivity index (χ2v) is 8.31. The van der Waals surface area contributed by atoms with Crippen molar-refractivity contribution in [1.29, 1.82) is 0 Å². The molecule has 0 spiro atoms. The number of nitrogens with one attached hydrogen (secondary N) is 1. The van der Waals surface area contributed by atoms with Gasteiger partial charge in [-0.15, -0.1) is 0 Å². The first-order valence-electron chi connectivity index (χ1n) is 11.0. The molecule has 0 saturated heterocycles. The van der Waals surface area contributed by atoms with Gasteiger partial charge in [0, 0.05) is 16.9 Å². The van der Waals surface area contributed by atoms with Crippen LogP contribution < -0.4 is 5.32 Å². The number of aliphatic carboxylic acids is 1. The van der Waals surface area contributed by atoms with Gasteiger partial charge in [-0.05, 0) is 53.4 Å². The van der Waals surface area contributed by atoms with Crippen LogP contribution in [0, 0.1) is 5.82 Å². The Morgan fingerprint density at radius 3 is 2.03 bits per heavy atom. The van der Waals surface area contributed by atoms with Gasteiger partial charge in [0.25, 0.3) is 5.91 Å². The van der Waals surface area contributed by atoms with Gasteiger partial charge in [0.05, 0.1) is 11.3 Å². The van der Waals surface area contributed by atoms with Crippen molar-refractivity contribution in [1.82, 2.24) is 4.57 Å². The highest BCUT2D eigenvalue weighted by Crippen LogP contribution is 2.42. The van der Waals surface area contributed by atoms with E-state index in [1.807, 2.05) is 62.4 Å². The number of hydrogen-bond donors (Lipinski definition) is 2. The molecule has 1 heterocycles. The first kappa shape index (κ1) is 23.0. The maximum atomic E-state index is 13.8. The van der Waals surface area contributed by atoms with Crippen molar-refractivity contribution in [2.75, 3.05) is 5.32 Å². The zero-order chi connectivity index (χ0) is 24.2. The van der Waals surface area contributed by atoms with Crippen LogP contribution in [0.3, 0.4) is 0 Å². The molecule has 1 amide bonds. The number of carbonyl (C=O) groups is 2. The summed E-state index contributed by atoms with van der Waals surface area (Å²) in [5.74, 6) is -1.92. The van der Waals surface area contributed by atoms with Crippen LogP contribution in [0.5, 0.6) is 0 Å². The predicted octanol–water partition coefficient (Wildman–Crippen LogP) is 6.42. The third-order valence-corrected chi connectivity index (χ3v) is 5.58. The van der Waals surface area contributed by atoms with E-state index in [1.54, 1.807) is 28.8 Å². The van der Waals surface area contributed by atoms with Crippen LogP contribution in [0.1, 0.15) is 35.8 Å². The summed E-state index contributed by atoms with van der Waals surface area (Å²) in [6.07, 6.45) is 0. The van der Waals surface area contributed by atoms with Gasteiger partial charge in [-0.2, -0.15) is 0 Å². The molecule has 4 aromatic rings. The molecule has 0 aliphatic heterocycles.